The van der Waals surface area contributed by atoms with Gasteiger partial charge in [0.1, 0.15) is 11.9 Å². The Hall–Kier alpha value is -3.23. The zero-order valence-corrected chi connectivity index (χ0v) is 16.2. The summed E-state index contributed by atoms with van der Waals surface area (Å²) in [6.45, 7) is 1.55. The van der Waals surface area contributed by atoms with E-state index in [0.29, 0.717) is 22.3 Å². The highest BCUT2D eigenvalue weighted by Crippen LogP contribution is 2.36. The Balaban J connectivity index is 2.13. The number of fused-ring (bicyclic) bond motifs is 1. The zero-order chi connectivity index (χ0) is 19.8. The molecule has 28 heavy (non-hydrogen) atoms. The SMILES string of the molecule is COc1ccc2c(c1)c(C(C)=O)c(-c1ccccc1)n2C1=NNC(=S)NC1N. The molecule has 142 valence electrons. The first-order valence-electron chi connectivity index (χ1n) is 8.70. The minimum Gasteiger partial charge on any atom is -0.497 e. The van der Waals surface area contributed by atoms with Crippen molar-refractivity contribution in [2.24, 2.45) is 10.8 Å². The van der Waals surface area contributed by atoms with Crippen LogP contribution in [0.25, 0.3) is 22.2 Å². The number of hydrogen-bond donors (Lipinski definition) is 3. The zero-order valence-electron chi connectivity index (χ0n) is 15.4. The topological polar surface area (TPSA) is 93.7 Å². The number of aromatic nitrogens is 1. The van der Waals surface area contributed by atoms with Gasteiger partial charge in [0.25, 0.3) is 0 Å². The minimum absolute atomic E-state index is 0.0581. The van der Waals surface area contributed by atoms with Crippen LogP contribution in [0.4, 0.5) is 0 Å². The van der Waals surface area contributed by atoms with Crippen LogP contribution in [0.1, 0.15) is 17.3 Å². The number of methoxy groups -OCH3 is 1. The fraction of sp³-hybridized carbons (Fsp3) is 0.150. The average Bonchev–Trinajstić information content (AvgIpc) is 3.03. The monoisotopic (exact) mass is 393 g/mol. The highest BCUT2D eigenvalue weighted by Gasteiger charge is 2.28. The lowest BCUT2D eigenvalue weighted by Crippen LogP contribution is -2.56. The summed E-state index contributed by atoms with van der Waals surface area (Å²) in [5, 5.41) is 8.46. The summed E-state index contributed by atoms with van der Waals surface area (Å²) in [5.74, 6) is 1.12. The molecule has 8 heteroatoms. The Morgan fingerprint density at radius 2 is 2.00 bits per heavy atom. The van der Waals surface area contributed by atoms with Crippen LogP contribution < -0.4 is 21.2 Å². The second kappa shape index (κ2) is 7.06. The van der Waals surface area contributed by atoms with Crippen LogP contribution >= 0.6 is 12.2 Å². The smallest absolute Gasteiger partial charge is 0.188 e. The molecule has 0 amide bonds. The van der Waals surface area contributed by atoms with E-state index in [2.05, 4.69) is 15.8 Å². The van der Waals surface area contributed by atoms with Crippen molar-refractivity contribution in [2.75, 3.05) is 7.11 Å². The third-order valence-corrected chi connectivity index (χ3v) is 4.85. The van der Waals surface area contributed by atoms with Crippen LogP contribution in [0.3, 0.4) is 0 Å². The maximum absolute atomic E-state index is 12.7. The van der Waals surface area contributed by atoms with Crippen molar-refractivity contribution in [3.63, 3.8) is 0 Å². The predicted octanol–water partition coefficient (Wildman–Crippen LogP) is 2.44. The first-order chi connectivity index (χ1) is 13.5. The Morgan fingerprint density at radius 3 is 2.64 bits per heavy atom. The van der Waals surface area contributed by atoms with Crippen molar-refractivity contribution in [2.45, 2.75) is 13.1 Å². The summed E-state index contributed by atoms with van der Waals surface area (Å²) in [6, 6.07) is 15.3. The molecule has 4 rings (SSSR count). The van der Waals surface area contributed by atoms with Crippen molar-refractivity contribution < 1.29 is 9.53 Å². The van der Waals surface area contributed by atoms with Crippen molar-refractivity contribution >= 4 is 39.9 Å². The van der Waals surface area contributed by atoms with E-state index in [0.717, 1.165) is 22.2 Å². The van der Waals surface area contributed by atoms with Gasteiger partial charge in [0.2, 0.25) is 0 Å². The number of carbonyl (C=O) groups is 1. The first kappa shape index (κ1) is 18.1. The Bertz CT molecular complexity index is 1120. The number of hydrogen-bond acceptors (Lipinski definition) is 5. The van der Waals surface area contributed by atoms with Gasteiger partial charge < -0.3 is 15.8 Å². The molecule has 1 aromatic heterocycles. The summed E-state index contributed by atoms with van der Waals surface area (Å²) < 4.78 is 7.27. The third kappa shape index (κ3) is 2.92. The normalized spacial score (nSPS) is 16.3. The molecule has 0 radical (unpaired) electrons. The number of Topliss-reactive ketones (excluding diaryl/α,β-unsaturated/α-hetero) is 1. The molecular formula is C20H19N5O2S. The second-order valence-corrected chi connectivity index (χ2v) is 6.81. The molecule has 2 aromatic carbocycles. The largest absolute Gasteiger partial charge is 0.497 e. The highest BCUT2D eigenvalue weighted by molar-refractivity contribution is 7.80. The van der Waals surface area contributed by atoms with E-state index in [9.17, 15) is 4.79 Å². The number of thiocarbonyl (C=S) groups is 1. The van der Waals surface area contributed by atoms with Gasteiger partial charge in [-0.05, 0) is 42.9 Å². The van der Waals surface area contributed by atoms with Gasteiger partial charge in [-0.3, -0.25) is 14.8 Å². The number of rotatable bonds is 3. The number of hydrazone groups is 1. The fourth-order valence-electron chi connectivity index (χ4n) is 3.47. The minimum atomic E-state index is -0.631. The molecule has 4 N–H and O–H groups in total. The number of carbonyl (C=O) groups excluding carboxylic acids is 1. The average molecular weight is 393 g/mol. The molecular weight excluding hydrogens is 374 g/mol. The number of nitrogens with two attached hydrogens (primary N) is 1. The molecule has 3 aromatic rings. The van der Waals surface area contributed by atoms with Crippen LogP contribution in [0.15, 0.2) is 53.6 Å². The van der Waals surface area contributed by atoms with Gasteiger partial charge in [-0.1, -0.05) is 30.3 Å². The van der Waals surface area contributed by atoms with Crippen molar-refractivity contribution in [3.8, 4) is 17.0 Å². The van der Waals surface area contributed by atoms with Gasteiger partial charge in [-0.15, -0.1) is 0 Å². The summed E-state index contributed by atoms with van der Waals surface area (Å²) in [6.07, 6.45) is -0.631. The molecule has 1 aliphatic heterocycles. The second-order valence-electron chi connectivity index (χ2n) is 6.40. The van der Waals surface area contributed by atoms with E-state index < -0.39 is 6.17 Å². The van der Waals surface area contributed by atoms with Crippen molar-refractivity contribution in [1.29, 1.82) is 0 Å². The highest BCUT2D eigenvalue weighted by atomic mass is 32.1. The van der Waals surface area contributed by atoms with Gasteiger partial charge in [0, 0.05) is 5.39 Å². The van der Waals surface area contributed by atoms with Crippen LogP contribution in [-0.4, -0.2) is 34.6 Å². The Labute approximate surface area is 167 Å². The molecule has 2 heterocycles. The number of ketones is 1. The Morgan fingerprint density at radius 1 is 1.25 bits per heavy atom. The van der Waals surface area contributed by atoms with Gasteiger partial charge in [0.15, 0.2) is 16.7 Å². The van der Waals surface area contributed by atoms with E-state index in [1.807, 2.05) is 53.1 Å². The fourth-order valence-corrected chi connectivity index (χ4v) is 3.64. The quantitative estimate of drug-likeness (QED) is 0.467. The standard InChI is InChI=1S/C20H19N5O2S/c1-11(26)16-14-10-13(27-2)8-9-15(14)25(17(16)12-6-4-3-5-7-12)19-18(21)22-20(28)24-23-19/h3-10,18H,21H2,1-2H3,(H2,22,24,28). The maximum atomic E-state index is 12.7. The van der Waals surface area contributed by atoms with E-state index in [4.69, 9.17) is 22.7 Å². The van der Waals surface area contributed by atoms with E-state index in [1.54, 1.807) is 14.0 Å². The summed E-state index contributed by atoms with van der Waals surface area (Å²) in [5.41, 5.74) is 12.0. The number of nitrogens with one attached hydrogen (secondary N) is 2. The summed E-state index contributed by atoms with van der Waals surface area (Å²) in [4.78, 5) is 12.7. The van der Waals surface area contributed by atoms with Crippen LogP contribution in [0.2, 0.25) is 0 Å². The molecule has 1 unspecified atom stereocenters. The lowest BCUT2D eigenvalue weighted by molar-refractivity contribution is 0.102. The lowest BCUT2D eigenvalue weighted by atomic mass is 10.0. The Kier molecular flexibility index (Phi) is 4.58. The van der Waals surface area contributed by atoms with Gasteiger partial charge >= 0.3 is 0 Å². The van der Waals surface area contributed by atoms with Crippen molar-refractivity contribution in [3.05, 3.63) is 54.1 Å². The van der Waals surface area contributed by atoms with Crippen LogP contribution in [0, 0.1) is 0 Å². The summed E-state index contributed by atoms with van der Waals surface area (Å²) >= 11 is 5.10. The lowest BCUT2D eigenvalue weighted by Gasteiger charge is -2.25. The first-order valence-corrected chi connectivity index (χ1v) is 9.11. The molecule has 0 spiro atoms. The molecule has 1 atom stereocenters. The molecule has 7 nitrogen and oxygen atoms in total. The van der Waals surface area contributed by atoms with E-state index in [1.165, 1.54) is 0 Å². The molecule has 0 saturated carbocycles. The van der Waals surface area contributed by atoms with Gasteiger partial charge in [-0.25, -0.2) is 0 Å². The molecule has 0 saturated heterocycles. The molecule has 0 bridgehead atoms. The van der Waals surface area contributed by atoms with E-state index in [-0.39, 0.29) is 5.78 Å². The number of benzene rings is 2. The van der Waals surface area contributed by atoms with Crippen LogP contribution in [-0.2, 0) is 0 Å². The van der Waals surface area contributed by atoms with Gasteiger partial charge in [0.05, 0.1) is 23.9 Å². The summed E-state index contributed by atoms with van der Waals surface area (Å²) in [7, 11) is 1.60. The molecule has 1 aliphatic rings. The maximum Gasteiger partial charge on any atom is 0.188 e. The number of ether oxygens (including phenoxy) is 1. The van der Waals surface area contributed by atoms with E-state index >= 15 is 0 Å². The predicted molar refractivity (Wildman–Crippen MR) is 114 cm³/mol. The van der Waals surface area contributed by atoms with Gasteiger partial charge in [-0.2, -0.15) is 5.10 Å². The molecule has 0 aliphatic carbocycles. The van der Waals surface area contributed by atoms with Crippen molar-refractivity contribution in [1.82, 2.24) is 15.3 Å². The molecule has 0 fully saturated rings. The third-order valence-electron chi connectivity index (χ3n) is 4.64. The van der Waals surface area contributed by atoms with Crippen LogP contribution in [0.5, 0.6) is 5.75 Å². The number of nitrogens with zero attached hydrogens (tertiary/aromatic N) is 2.